The monoisotopic (exact) mass is 354 g/mol. The molecule has 0 saturated heterocycles. The van der Waals surface area contributed by atoms with Gasteiger partial charge in [-0.1, -0.05) is 63.2 Å². The van der Waals surface area contributed by atoms with Crippen molar-refractivity contribution in [3.05, 3.63) is 65.2 Å². The van der Waals surface area contributed by atoms with Crippen molar-refractivity contribution in [3.8, 4) is 0 Å². The summed E-state index contributed by atoms with van der Waals surface area (Å²) in [5, 5.41) is 3.49. The fraction of sp³-hybridized carbons (Fsp3) is 0.364. The van der Waals surface area contributed by atoms with E-state index in [0.717, 1.165) is 23.7 Å². The van der Waals surface area contributed by atoms with Gasteiger partial charge in [0.25, 0.3) is 0 Å². The zero-order valence-corrected chi connectivity index (χ0v) is 16.9. The van der Waals surface area contributed by atoms with Crippen LogP contribution < -0.4 is 11.1 Å². The maximum atomic E-state index is 6.14. The summed E-state index contributed by atoms with van der Waals surface area (Å²) >= 11 is 1.83. The van der Waals surface area contributed by atoms with E-state index in [0.29, 0.717) is 0 Å². The minimum atomic E-state index is 0.218. The SMILES string of the molecule is C=C(NCC(C)(C)C)c1cccc(C)c1SCc1cc(C)ccc1N. The van der Waals surface area contributed by atoms with E-state index in [1.54, 1.807) is 0 Å². The summed E-state index contributed by atoms with van der Waals surface area (Å²) in [7, 11) is 0. The van der Waals surface area contributed by atoms with Crippen molar-refractivity contribution in [2.75, 3.05) is 12.3 Å². The maximum absolute atomic E-state index is 6.14. The average Bonchev–Trinajstić information content (AvgIpc) is 2.53. The number of nitrogens with two attached hydrogens (primary N) is 1. The van der Waals surface area contributed by atoms with Crippen molar-refractivity contribution in [2.45, 2.75) is 45.3 Å². The van der Waals surface area contributed by atoms with E-state index in [1.807, 2.05) is 17.8 Å². The molecule has 2 nitrogen and oxygen atoms in total. The quantitative estimate of drug-likeness (QED) is 0.510. The number of aryl methyl sites for hydroxylation is 2. The van der Waals surface area contributed by atoms with Gasteiger partial charge in [-0.25, -0.2) is 0 Å². The van der Waals surface area contributed by atoms with Gasteiger partial charge in [0.05, 0.1) is 0 Å². The van der Waals surface area contributed by atoms with E-state index in [2.05, 4.69) is 76.8 Å². The summed E-state index contributed by atoms with van der Waals surface area (Å²) in [5.41, 5.74) is 13.1. The first-order chi connectivity index (χ1) is 11.7. The molecular weight excluding hydrogens is 324 g/mol. The first-order valence-electron chi connectivity index (χ1n) is 8.68. The molecule has 0 radical (unpaired) electrons. The van der Waals surface area contributed by atoms with Crippen molar-refractivity contribution >= 4 is 23.1 Å². The molecule has 0 aliphatic carbocycles. The molecule has 0 atom stereocenters. The van der Waals surface area contributed by atoms with Gasteiger partial charge in [0.1, 0.15) is 0 Å². The lowest BCUT2D eigenvalue weighted by Gasteiger charge is -2.22. The maximum Gasteiger partial charge on any atom is 0.0355 e. The van der Waals surface area contributed by atoms with Crippen LogP contribution in [0.25, 0.3) is 5.70 Å². The lowest BCUT2D eigenvalue weighted by Crippen LogP contribution is -2.25. The van der Waals surface area contributed by atoms with Crippen LogP contribution in [0.3, 0.4) is 0 Å². The first-order valence-corrected chi connectivity index (χ1v) is 9.66. The second kappa shape index (κ2) is 8.01. The number of hydrogen-bond donors (Lipinski definition) is 2. The first kappa shape index (κ1) is 19.5. The Hall–Kier alpha value is -1.87. The number of nitrogens with one attached hydrogen (secondary N) is 1. The highest BCUT2D eigenvalue weighted by Gasteiger charge is 2.14. The minimum Gasteiger partial charge on any atom is -0.398 e. The zero-order chi connectivity index (χ0) is 18.6. The molecule has 0 spiro atoms. The Balaban J connectivity index is 2.20. The Morgan fingerprint density at radius 3 is 2.56 bits per heavy atom. The summed E-state index contributed by atoms with van der Waals surface area (Å²) in [5.74, 6) is 0.859. The number of rotatable bonds is 6. The normalized spacial score (nSPS) is 11.4. The van der Waals surface area contributed by atoms with Crippen LogP contribution in [0.1, 0.15) is 43.0 Å². The van der Waals surface area contributed by atoms with Crippen LogP contribution in [0.5, 0.6) is 0 Å². The summed E-state index contributed by atoms with van der Waals surface area (Å²) < 4.78 is 0. The Bertz CT molecular complexity index is 757. The zero-order valence-electron chi connectivity index (χ0n) is 16.1. The Morgan fingerprint density at radius 1 is 1.16 bits per heavy atom. The Morgan fingerprint density at radius 2 is 1.88 bits per heavy atom. The molecule has 0 aliphatic heterocycles. The number of anilines is 1. The van der Waals surface area contributed by atoms with Gasteiger partial charge in [-0.3, -0.25) is 0 Å². The van der Waals surface area contributed by atoms with Crippen LogP contribution in [0.15, 0.2) is 47.9 Å². The average molecular weight is 355 g/mol. The number of thioether (sulfide) groups is 1. The van der Waals surface area contributed by atoms with Crippen LogP contribution in [0.2, 0.25) is 0 Å². The molecule has 25 heavy (non-hydrogen) atoms. The van der Waals surface area contributed by atoms with Crippen LogP contribution >= 0.6 is 11.8 Å². The second-order valence-corrected chi connectivity index (χ2v) is 8.82. The smallest absolute Gasteiger partial charge is 0.0355 e. The van der Waals surface area contributed by atoms with Crippen molar-refractivity contribution in [1.82, 2.24) is 5.32 Å². The number of hydrogen-bond acceptors (Lipinski definition) is 3. The highest BCUT2D eigenvalue weighted by Crippen LogP contribution is 2.33. The van der Waals surface area contributed by atoms with Gasteiger partial charge in [0.15, 0.2) is 0 Å². The highest BCUT2D eigenvalue weighted by molar-refractivity contribution is 7.98. The molecule has 0 heterocycles. The van der Waals surface area contributed by atoms with E-state index >= 15 is 0 Å². The van der Waals surface area contributed by atoms with Crippen LogP contribution in [0, 0.1) is 19.3 Å². The van der Waals surface area contributed by atoms with Gasteiger partial charge in [-0.05, 0) is 36.5 Å². The molecule has 0 bridgehead atoms. The topological polar surface area (TPSA) is 38.0 Å². The molecule has 3 heteroatoms. The minimum absolute atomic E-state index is 0.218. The molecular formula is C22H30N2S. The van der Waals surface area contributed by atoms with Gasteiger partial charge in [0, 0.05) is 34.1 Å². The molecule has 2 aromatic carbocycles. The van der Waals surface area contributed by atoms with Crippen molar-refractivity contribution in [1.29, 1.82) is 0 Å². The predicted molar refractivity (Wildman–Crippen MR) is 113 cm³/mol. The molecule has 2 rings (SSSR count). The molecule has 0 amide bonds. The van der Waals surface area contributed by atoms with Gasteiger partial charge in [-0.2, -0.15) is 0 Å². The fourth-order valence-corrected chi connectivity index (χ4v) is 3.75. The van der Waals surface area contributed by atoms with Crippen LogP contribution in [-0.4, -0.2) is 6.54 Å². The molecule has 0 aliphatic rings. The number of nitrogen functional groups attached to an aromatic ring is 1. The second-order valence-electron chi connectivity index (χ2n) is 7.84. The summed E-state index contributed by atoms with van der Waals surface area (Å²) in [6.07, 6.45) is 0. The summed E-state index contributed by atoms with van der Waals surface area (Å²) in [4.78, 5) is 1.27. The van der Waals surface area contributed by atoms with Crippen molar-refractivity contribution in [3.63, 3.8) is 0 Å². The molecule has 0 unspecified atom stereocenters. The van der Waals surface area contributed by atoms with Gasteiger partial charge in [-0.15, -0.1) is 11.8 Å². The van der Waals surface area contributed by atoms with Crippen LogP contribution in [0.4, 0.5) is 5.69 Å². The lowest BCUT2D eigenvalue weighted by atomic mass is 9.96. The Kier molecular flexibility index (Phi) is 6.23. The largest absolute Gasteiger partial charge is 0.398 e. The van der Waals surface area contributed by atoms with Crippen molar-refractivity contribution < 1.29 is 0 Å². The number of benzene rings is 2. The van der Waals surface area contributed by atoms with Gasteiger partial charge in [0.2, 0.25) is 0 Å². The standard InChI is InChI=1S/C22H30N2S/c1-15-10-11-20(23)18(12-15)13-25-21-16(2)8-7-9-19(21)17(3)24-14-22(4,5)6/h7-12,24H,3,13-14,23H2,1-2,4-6H3. The molecule has 3 N–H and O–H groups in total. The van der Waals surface area contributed by atoms with Crippen molar-refractivity contribution in [2.24, 2.45) is 5.41 Å². The molecule has 0 fully saturated rings. The van der Waals surface area contributed by atoms with Gasteiger partial charge >= 0.3 is 0 Å². The van der Waals surface area contributed by atoms with E-state index in [9.17, 15) is 0 Å². The third-order valence-electron chi connectivity index (χ3n) is 4.04. The van der Waals surface area contributed by atoms with E-state index < -0.39 is 0 Å². The fourth-order valence-electron chi connectivity index (χ4n) is 2.56. The van der Waals surface area contributed by atoms with E-state index in [1.165, 1.54) is 27.1 Å². The Labute approximate surface area is 156 Å². The lowest BCUT2D eigenvalue weighted by molar-refractivity contribution is 0.405. The van der Waals surface area contributed by atoms with E-state index in [-0.39, 0.29) is 5.41 Å². The third-order valence-corrected chi connectivity index (χ3v) is 5.33. The van der Waals surface area contributed by atoms with Gasteiger partial charge < -0.3 is 11.1 Å². The third kappa shape index (κ3) is 5.57. The molecule has 2 aromatic rings. The summed E-state index contributed by atoms with van der Waals surface area (Å²) in [6, 6.07) is 12.6. The molecule has 0 aromatic heterocycles. The highest BCUT2D eigenvalue weighted by atomic mass is 32.2. The summed E-state index contributed by atoms with van der Waals surface area (Å²) in [6.45, 7) is 16.1. The molecule has 0 saturated carbocycles. The predicted octanol–water partition coefficient (Wildman–Crippen LogP) is 5.78. The van der Waals surface area contributed by atoms with Crippen LogP contribution in [-0.2, 0) is 5.75 Å². The molecule has 134 valence electrons. The van der Waals surface area contributed by atoms with E-state index in [4.69, 9.17) is 5.73 Å².